The molecule has 0 heterocycles. The second kappa shape index (κ2) is 6.20. The molecule has 0 spiro atoms. The van der Waals surface area contributed by atoms with Crippen molar-refractivity contribution in [2.24, 2.45) is 0 Å². The molecule has 1 aromatic carbocycles. The zero-order chi connectivity index (χ0) is 13.0. The van der Waals surface area contributed by atoms with E-state index in [0.717, 1.165) is 28.6 Å². The number of anilines is 1. The minimum Gasteiger partial charge on any atom is -0.371 e. The number of benzene rings is 1. The lowest BCUT2D eigenvalue weighted by Gasteiger charge is -2.30. The van der Waals surface area contributed by atoms with Crippen LogP contribution in [-0.2, 0) is 0 Å². The number of hydrogen-bond donors (Lipinski definition) is 0. The van der Waals surface area contributed by atoms with Gasteiger partial charge in [-0.25, -0.2) is 0 Å². The summed E-state index contributed by atoms with van der Waals surface area (Å²) in [5.41, 5.74) is 1.81. The van der Waals surface area contributed by atoms with Crippen LogP contribution >= 0.6 is 15.9 Å². The highest BCUT2D eigenvalue weighted by atomic mass is 79.9. The molecule has 0 unspecified atom stereocenters. The Balaban J connectivity index is 3.18. The van der Waals surface area contributed by atoms with E-state index in [4.69, 9.17) is 0 Å². The summed E-state index contributed by atoms with van der Waals surface area (Å²) in [7, 11) is 2.06. The summed E-state index contributed by atoms with van der Waals surface area (Å²) in [6, 6.07) is 6.30. The summed E-state index contributed by atoms with van der Waals surface area (Å²) >= 11 is 3.47. The van der Waals surface area contributed by atoms with Crippen molar-refractivity contribution in [2.75, 3.05) is 11.9 Å². The second-order valence-electron chi connectivity index (χ2n) is 4.30. The molecule has 0 radical (unpaired) electrons. The molecule has 0 aliphatic carbocycles. The fourth-order valence-electron chi connectivity index (χ4n) is 2.13. The van der Waals surface area contributed by atoms with E-state index in [1.165, 1.54) is 0 Å². The number of carbonyl (C=O) groups excluding carboxylic acids is 1. The van der Waals surface area contributed by atoms with Gasteiger partial charge in [-0.2, -0.15) is 0 Å². The predicted molar refractivity (Wildman–Crippen MR) is 76.9 cm³/mol. The smallest absolute Gasteiger partial charge is 0.161 e. The van der Waals surface area contributed by atoms with E-state index >= 15 is 0 Å². The summed E-state index contributed by atoms with van der Waals surface area (Å²) in [6.07, 6.45) is 2.16. The molecular formula is C14H20BrNO. The molecule has 0 fully saturated rings. The fraction of sp³-hybridized carbons (Fsp3) is 0.500. The molecule has 0 atom stereocenters. The van der Waals surface area contributed by atoms with Gasteiger partial charge in [0.05, 0.1) is 0 Å². The lowest BCUT2D eigenvalue weighted by molar-refractivity contribution is 0.101. The van der Waals surface area contributed by atoms with Crippen molar-refractivity contribution in [3.05, 3.63) is 28.2 Å². The first kappa shape index (κ1) is 14.2. The Kier molecular flexibility index (Phi) is 5.19. The zero-order valence-electron chi connectivity index (χ0n) is 11.0. The van der Waals surface area contributed by atoms with Gasteiger partial charge < -0.3 is 4.90 Å². The van der Waals surface area contributed by atoms with Crippen molar-refractivity contribution in [3.8, 4) is 0 Å². The van der Waals surface area contributed by atoms with Gasteiger partial charge >= 0.3 is 0 Å². The van der Waals surface area contributed by atoms with Crippen LogP contribution in [0.5, 0.6) is 0 Å². The number of nitrogens with zero attached hydrogens (tertiary/aromatic N) is 1. The number of hydrogen-bond acceptors (Lipinski definition) is 2. The molecule has 17 heavy (non-hydrogen) atoms. The van der Waals surface area contributed by atoms with Gasteiger partial charge in [0, 0.05) is 28.8 Å². The maximum atomic E-state index is 11.6. The lowest BCUT2D eigenvalue weighted by atomic mass is 10.1. The predicted octanol–water partition coefficient (Wildman–Crippen LogP) is 4.28. The Morgan fingerprint density at radius 3 is 2.41 bits per heavy atom. The van der Waals surface area contributed by atoms with Crippen molar-refractivity contribution < 1.29 is 4.79 Å². The summed E-state index contributed by atoms with van der Waals surface area (Å²) in [6.45, 7) is 5.97. The van der Waals surface area contributed by atoms with E-state index in [-0.39, 0.29) is 5.78 Å². The SMILES string of the molecule is CCC(CC)N(C)c1cc(Br)ccc1C(C)=O. The Morgan fingerprint density at radius 1 is 1.35 bits per heavy atom. The number of Topliss-reactive ketones (excluding diaryl/α,β-unsaturated/α-hetero) is 1. The molecule has 1 rings (SSSR count). The lowest BCUT2D eigenvalue weighted by Crippen LogP contribution is -2.31. The van der Waals surface area contributed by atoms with Crippen LogP contribution in [0.2, 0.25) is 0 Å². The first-order valence-electron chi connectivity index (χ1n) is 6.04. The highest BCUT2D eigenvalue weighted by Gasteiger charge is 2.16. The maximum Gasteiger partial charge on any atom is 0.161 e. The van der Waals surface area contributed by atoms with Crippen molar-refractivity contribution in [1.29, 1.82) is 0 Å². The minimum absolute atomic E-state index is 0.116. The molecule has 0 aliphatic heterocycles. The van der Waals surface area contributed by atoms with E-state index < -0.39 is 0 Å². The van der Waals surface area contributed by atoms with Gasteiger partial charge in [0.1, 0.15) is 0 Å². The van der Waals surface area contributed by atoms with Crippen LogP contribution in [0.3, 0.4) is 0 Å². The van der Waals surface area contributed by atoms with Crippen LogP contribution in [0.1, 0.15) is 44.0 Å². The van der Waals surface area contributed by atoms with Crippen LogP contribution in [0.15, 0.2) is 22.7 Å². The molecule has 0 N–H and O–H groups in total. The van der Waals surface area contributed by atoms with E-state index in [1.807, 2.05) is 18.2 Å². The zero-order valence-corrected chi connectivity index (χ0v) is 12.5. The average Bonchev–Trinajstić information content (AvgIpc) is 2.29. The average molecular weight is 298 g/mol. The van der Waals surface area contributed by atoms with Gasteiger partial charge in [-0.3, -0.25) is 4.79 Å². The van der Waals surface area contributed by atoms with Crippen molar-refractivity contribution in [2.45, 2.75) is 39.7 Å². The van der Waals surface area contributed by atoms with Gasteiger partial charge in [0.25, 0.3) is 0 Å². The standard InChI is InChI=1S/C14H20BrNO/c1-5-12(6-2)16(4)14-9-11(15)7-8-13(14)10(3)17/h7-9,12H,5-6H2,1-4H3. The molecule has 94 valence electrons. The van der Waals surface area contributed by atoms with E-state index in [2.05, 4.69) is 41.7 Å². The molecule has 2 nitrogen and oxygen atoms in total. The largest absolute Gasteiger partial charge is 0.371 e. The summed E-state index contributed by atoms with van der Waals surface area (Å²) < 4.78 is 1.01. The molecule has 3 heteroatoms. The summed E-state index contributed by atoms with van der Waals surface area (Å²) in [5, 5.41) is 0. The number of rotatable bonds is 5. The van der Waals surface area contributed by atoms with E-state index in [1.54, 1.807) is 6.92 Å². The van der Waals surface area contributed by atoms with Crippen LogP contribution in [-0.4, -0.2) is 18.9 Å². The number of ketones is 1. The molecule has 0 bridgehead atoms. The highest BCUT2D eigenvalue weighted by Crippen LogP contribution is 2.27. The third-order valence-electron chi connectivity index (χ3n) is 3.21. The maximum absolute atomic E-state index is 11.6. The molecule has 0 saturated heterocycles. The molecule has 0 aliphatic rings. The van der Waals surface area contributed by atoms with Gasteiger partial charge in [-0.05, 0) is 38.0 Å². The van der Waals surface area contributed by atoms with Gasteiger partial charge in [-0.1, -0.05) is 29.8 Å². The normalized spacial score (nSPS) is 10.7. The van der Waals surface area contributed by atoms with Gasteiger partial charge in [0.15, 0.2) is 5.78 Å². The van der Waals surface area contributed by atoms with Gasteiger partial charge in [0.2, 0.25) is 0 Å². The summed E-state index contributed by atoms with van der Waals surface area (Å²) in [5.74, 6) is 0.116. The first-order chi connectivity index (χ1) is 8.01. The van der Waals surface area contributed by atoms with Crippen molar-refractivity contribution in [3.63, 3.8) is 0 Å². The Hall–Kier alpha value is -0.830. The quantitative estimate of drug-likeness (QED) is 0.756. The monoisotopic (exact) mass is 297 g/mol. The van der Waals surface area contributed by atoms with Crippen LogP contribution in [0, 0.1) is 0 Å². The number of carbonyl (C=O) groups is 1. The molecule has 1 aromatic rings. The summed E-state index contributed by atoms with van der Waals surface area (Å²) in [4.78, 5) is 13.8. The van der Waals surface area contributed by atoms with E-state index in [9.17, 15) is 4.79 Å². The number of halogens is 1. The third kappa shape index (κ3) is 3.32. The fourth-order valence-corrected chi connectivity index (χ4v) is 2.48. The molecule has 0 amide bonds. The Labute approximate surface area is 112 Å². The topological polar surface area (TPSA) is 20.3 Å². The van der Waals surface area contributed by atoms with Gasteiger partial charge in [-0.15, -0.1) is 0 Å². The van der Waals surface area contributed by atoms with Crippen LogP contribution < -0.4 is 4.90 Å². The third-order valence-corrected chi connectivity index (χ3v) is 3.70. The van der Waals surface area contributed by atoms with Crippen LogP contribution in [0.4, 0.5) is 5.69 Å². The van der Waals surface area contributed by atoms with Crippen molar-refractivity contribution in [1.82, 2.24) is 0 Å². The first-order valence-corrected chi connectivity index (χ1v) is 6.83. The van der Waals surface area contributed by atoms with Crippen molar-refractivity contribution >= 4 is 27.4 Å². The van der Waals surface area contributed by atoms with Crippen LogP contribution in [0.25, 0.3) is 0 Å². The Bertz CT molecular complexity index is 399. The second-order valence-corrected chi connectivity index (χ2v) is 5.21. The minimum atomic E-state index is 0.116. The highest BCUT2D eigenvalue weighted by molar-refractivity contribution is 9.10. The van der Waals surface area contributed by atoms with E-state index in [0.29, 0.717) is 6.04 Å². The Morgan fingerprint density at radius 2 is 1.94 bits per heavy atom. The molecule has 0 saturated carbocycles. The molecular weight excluding hydrogens is 278 g/mol. The molecule has 0 aromatic heterocycles.